The van der Waals surface area contributed by atoms with Crippen LogP contribution in [-0.2, 0) is 10.2 Å². The van der Waals surface area contributed by atoms with Crippen LogP contribution >= 0.6 is 11.6 Å². The van der Waals surface area contributed by atoms with E-state index in [2.05, 4.69) is 5.32 Å². The first-order valence-electron chi connectivity index (χ1n) is 13.9. The fourth-order valence-electron chi connectivity index (χ4n) is 7.06. The number of benzene rings is 4. The Labute approximate surface area is 253 Å². The molecule has 3 aliphatic heterocycles. The van der Waals surface area contributed by atoms with Crippen molar-refractivity contribution in [2.45, 2.75) is 17.5 Å². The molecule has 0 aromatic heterocycles. The normalized spacial score (nSPS) is 22.7. The highest BCUT2D eigenvalue weighted by molar-refractivity contribution is 6.34. The van der Waals surface area contributed by atoms with E-state index < -0.39 is 35.0 Å². The third-order valence-electron chi connectivity index (χ3n) is 8.71. The summed E-state index contributed by atoms with van der Waals surface area (Å²) in [5, 5.41) is 12.4. The Morgan fingerprint density at radius 3 is 2.42 bits per heavy atom. The summed E-state index contributed by atoms with van der Waals surface area (Å²) in [5.74, 6) is -2.11. The van der Waals surface area contributed by atoms with Gasteiger partial charge in [-0.25, -0.2) is 0 Å². The van der Waals surface area contributed by atoms with Gasteiger partial charge in [-0.1, -0.05) is 78.3 Å². The van der Waals surface area contributed by atoms with Crippen LogP contribution in [0.4, 0.5) is 5.69 Å². The Bertz CT molecular complexity index is 1900. The number of nitrogens with one attached hydrogen (secondary N) is 1. The molecule has 1 amide bonds. The smallest absolute Gasteiger partial charge is 0.238 e. The summed E-state index contributed by atoms with van der Waals surface area (Å²) < 4.78 is 5.65. The molecule has 0 radical (unpaired) electrons. The van der Waals surface area contributed by atoms with Crippen molar-refractivity contribution >= 4 is 40.8 Å². The summed E-state index contributed by atoms with van der Waals surface area (Å²) in [6.45, 7) is -0.254. The third-order valence-corrected chi connectivity index (χ3v) is 9.04. The maximum absolute atomic E-state index is 14.9. The standard InChI is InChI=1S/C35H24ClN3O4/c36-26-14-6-3-11-23(26)31(40)29-30(32(41)24-12-4-8-16-28(24)43-20-18-37)39-19-17-21-9-1-2-10-22(21)33(39)35(29)25-13-5-7-15-27(25)38-34(35)42/h1-17,19,29-30,33H,20H2,(H,38,42)/t29-,30+,33+,35-/m1/s1. The number of nitrogens with zero attached hydrogens (tertiary/aromatic N) is 2. The van der Waals surface area contributed by atoms with Gasteiger partial charge in [0.15, 0.2) is 18.2 Å². The first-order valence-corrected chi connectivity index (χ1v) is 14.2. The van der Waals surface area contributed by atoms with Gasteiger partial charge in [0.25, 0.3) is 0 Å². The largest absolute Gasteiger partial charge is 0.478 e. The monoisotopic (exact) mass is 585 g/mol. The summed E-state index contributed by atoms with van der Waals surface area (Å²) >= 11 is 6.61. The van der Waals surface area contributed by atoms with Crippen LogP contribution < -0.4 is 10.1 Å². The highest BCUT2D eigenvalue weighted by atomic mass is 35.5. The molecule has 210 valence electrons. The van der Waals surface area contributed by atoms with E-state index in [0.717, 1.165) is 11.1 Å². The van der Waals surface area contributed by atoms with Gasteiger partial charge in [-0.3, -0.25) is 14.4 Å². The number of carbonyl (C=O) groups is 3. The number of carbonyl (C=O) groups excluding carboxylic acids is 3. The van der Waals surface area contributed by atoms with Crippen molar-refractivity contribution in [3.63, 3.8) is 0 Å². The van der Waals surface area contributed by atoms with Gasteiger partial charge in [-0.2, -0.15) is 5.26 Å². The van der Waals surface area contributed by atoms with Crippen molar-refractivity contribution in [1.82, 2.24) is 4.90 Å². The van der Waals surface area contributed by atoms with Crippen LogP contribution in [0.5, 0.6) is 5.75 Å². The maximum atomic E-state index is 14.9. The number of nitriles is 1. The minimum Gasteiger partial charge on any atom is -0.478 e. The molecule has 4 atom stereocenters. The van der Waals surface area contributed by atoms with Crippen LogP contribution in [0.2, 0.25) is 5.02 Å². The predicted molar refractivity (Wildman–Crippen MR) is 162 cm³/mol. The molecule has 8 heteroatoms. The molecule has 1 saturated heterocycles. The Morgan fingerprint density at radius 2 is 1.60 bits per heavy atom. The van der Waals surface area contributed by atoms with Crippen molar-refractivity contribution in [2.24, 2.45) is 5.92 Å². The Morgan fingerprint density at radius 1 is 0.907 bits per heavy atom. The van der Waals surface area contributed by atoms with Crippen molar-refractivity contribution in [1.29, 1.82) is 5.26 Å². The molecule has 7 nitrogen and oxygen atoms in total. The quantitative estimate of drug-likeness (QED) is 0.270. The molecule has 3 aliphatic rings. The van der Waals surface area contributed by atoms with Crippen molar-refractivity contribution in [2.75, 3.05) is 11.9 Å². The van der Waals surface area contributed by atoms with Crippen LogP contribution in [0, 0.1) is 17.2 Å². The van der Waals surface area contributed by atoms with E-state index >= 15 is 0 Å². The van der Waals surface area contributed by atoms with Gasteiger partial charge < -0.3 is 15.0 Å². The van der Waals surface area contributed by atoms with Crippen LogP contribution in [-0.4, -0.2) is 35.0 Å². The Kier molecular flexibility index (Phi) is 6.37. The fourth-order valence-corrected chi connectivity index (χ4v) is 7.29. The van der Waals surface area contributed by atoms with Crippen molar-refractivity contribution in [3.8, 4) is 11.8 Å². The zero-order chi connectivity index (χ0) is 29.7. The van der Waals surface area contributed by atoms with Crippen LogP contribution in [0.25, 0.3) is 6.08 Å². The highest BCUT2D eigenvalue weighted by Crippen LogP contribution is 2.62. The van der Waals surface area contributed by atoms with Gasteiger partial charge in [-0.15, -0.1) is 0 Å². The van der Waals surface area contributed by atoms with E-state index in [-0.39, 0.29) is 34.4 Å². The number of rotatable bonds is 6. The van der Waals surface area contributed by atoms with E-state index in [1.807, 2.05) is 71.8 Å². The number of hydrogen-bond donors (Lipinski definition) is 1. The van der Waals surface area contributed by atoms with Gasteiger partial charge in [0.1, 0.15) is 23.3 Å². The first-order chi connectivity index (χ1) is 21.0. The zero-order valence-corrected chi connectivity index (χ0v) is 23.5. The summed E-state index contributed by atoms with van der Waals surface area (Å²) in [5.41, 5.74) is 1.95. The van der Waals surface area contributed by atoms with Crippen LogP contribution in [0.1, 0.15) is 43.4 Å². The van der Waals surface area contributed by atoms with Crippen molar-refractivity contribution < 1.29 is 19.1 Å². The second-order valence-electron chi connectivity index (χ2n) is 10.7. The molecule has 4 aromatic rings. The molecule has 1 N–H and O–H groups in total. The molecule has 0 bridgehead atoms. The first kappa shape index (κ1) is 26.7. The maximum Gasteiger partial charge on any atom is 0.238 e. The predicted octanol–water partition coefficient (Wildman–Crippen LogP) is 6.22. The molecule has 4 aromatic carbocycles. The number of ketones is 2. The lowest BCUT2D eigenvalue weighted by Gasteiger charge is -2.38. The summed E-state index contributed by atoms with van der Waals surface area (Å²) in [4.78, 5) is 46.1. The number of hydrogen-bond acceptors (Lipinski definition) is 6. The van der Waals surface area contributed by atoms with E-state index in [1.54, 1.807) is 48.5 Å². The number of Topliss-reactive ketones (excluding diaryl/α,β-unsaturated/α-hetero) is 2. The lowest BCUT2D eigenvalue weighted by Crippen LogP contribution is -2.49. The molecule has 1 spiro atoms. The van der Waals surface area contributed by atoms with Gasteiger partial charge in [0.2, 0.25) is 5.91 Å². The summed E-state index contributed by atoms with van der Waals surface area (Å²) in [6.07, 6.45) is 3.71. The second-order valence-corrected chi connectivity index (χ2v) is 11.1. The van der Waals surface area contributed by atoms with Gasteiger partial charge >= 0.3 is 0 Å². The average Bonchev–Trinajstić information content (AvgIpc) is 3.52. The number of amides is 1. The highest BCUT2D eigenvalue weighted by Gasteiger charge is 2.71. The Hall–Kier alpha value is -5.19. The van der Waals surface area contributed by atoms with Gasteiger partial charge in [0, 0.05) is 17.5 Å². The lowest BCUT2D eigenvalue weighted by molar-refractivity contribution is -0.122. The number of halogens is 1. The number of fused-ring (bicyclic) bond motifs is 6. The molecule has 0 aliphatic carbocycles. The molecule has 3 heterocycles. The molecule has 43 heavy (non-hydrogen) atoms. The van der Waals surface area contributed by atoms with Gasteiger partial charge in [-0.05, 0) is 53.1 Å². The number of para-hydroxylation sites is 2. The minimum atomic E-state index is -1.48. The Balaban J connectivity index is 1.53. The van der Waals surface area contributed by atoms with Gasteiger partial charge in [0.05, 0.1) is 22.5 Å². The van der Waals surface area contributed by atoms with Crippen molar-refractivity contribution in [3.05, 3.63) is 136 Å². The third kappa shape index (κ3) is 3.84. The topological polar surface area (TPSA) is 99.5 Å². The van der Waals surface area contributed by atoms with E-state index in [4.69, 9.17) is 21.6 Å². The van der Waals surface area contributed by atoms with Crippen LogP contribution in [0.3, 0.4) is 0 Å². The SMILES string of the molecule is N#CCOc1ccccc1C(=O)[C@@H]1[C@H](C(=O)c2ccccc2Cl)[C@@]2(C(=O)Nc3ccccc32)[C@@H]2c3ccccc3C=CN12. The molecule has 7 rings (SSSR count). The van der Waals surface area contributed by atoms with E-state index in [1.165, 1.54) is 0 Å². The zero-order valence-electron chi connectivity index (χ0n) is 22.7. The second kappa shape index (κ2) is 10.3. The summed E-state index contributed by atoms with van der Waals surface area (Å²) in [7, 11) is 0. The lowest BCUT2D eigenvalue weighted by atomic mass is 9.62. The minimum absolute atomic E-state index is 0.217. The fraction of sp³-hybridized carbons (Fsp3) is 0.143. The number of anilines is 1. The molecule has 0 saturated carbocycles. The average molecular weight is 586 g/mol. The summed E-state index contributed by atoms with van der Waals surface area (Å²) in [6, 6.07) is 28.6. The molecule has 1 fully saturated rings. The molecular weight excluding hydrogens is 562 g/mol. The van der Waals surface area contributed by atoms with E-state index in [9.17, 15) is 14.4 Å². The molecular formula is C35H24ClN3O4. The van der Waals surface area contributed by atoms with Crippen LogP contribution in [0.15, 0.2) is 103 Å². The van der Waals surface area contributed by atoms with E-state index in [0.29, 0.717) is 11.3 Å². The molecule has 0 unspecified atom stereocenters. The number of ether oxygens (including phenoxy) is 1.